The summed E-state index contributed by atoms with van der Waals surface area (Å²) in [7, 11) is 4.43. The highest BCUT2D eigenvalue weighted by Crippen LogP contribution is 2.40. The molecular weight excluding hydrogens is 497 g/mol. The molecule has 0 spiro atoms. The molecule has 0 unspecified atom stereocenters. The molecular formula is C37H26BN3. The predicted molar refractivity (Wildman–Crippen MR) is 176 cm³/mol. The maximum atomic E-state index is 5.09. The van der Waals surface area contributed by atoms with Gasteiger partial charge in [-0.2, -0.15) is 0 Å². The maximum absolute atomic E-state index is 5.09. The van der Waals surface area contributed by atoms with Crippen LogP contribution < -0.4 is 26.2 Å². The van der Waals surface area contributed by atoms with E-state index in [4.69, 9.17) is 4.98 Å². The van der Waals surface area contributed by atoms with Crippen LogP contribution in [0.25, 0.3) is 43.7 Å². The molecule has 0 N–H and O–H groups in total. The number of benzene rings is 6. The van der Waals surface area contributed by atoms with E-state index in [9.17, 15) is 0 Å². The molecule has 192 valence electrons. The smallest absolute Gasteiger partial charge is 0.252 e. The normalized spacial score (nSPS) is 13.5. The summed E-state index contributed by atoms with van der Waals surface area (Å²) >= 11 is 0. The van der Waals surface area contributed by atoms with Gasteiger partial charge in [-0.1, -0.05) is 84.9 Å². The minimum absolute atomic E-state index is 0.144. The van der Waals surface area contributed by atoms with Gasteiger partial charge in [0.1, 0.15) is 0 Å². The SMILES string of the molecule is CN1c2cc3ccccc3cc2B2c3cc4ccccc4cc3N(C)c3cc(-c4ccc5ccccc5n4)cc1c32. The third-order valence-electron chi connectivity index (χ3n) is 9.18. The van der Waals surface area contributed by atoms with Crippen molar-refractivity contribution in [1.29, 1.82) is 0 Å². The van der Waals surface area contributed by atoms with Gasteiger partial charge in [0.15, 0.2) is 0 Å². The van der Waals surface area contributed by atoms with Gasteiger partial charge in [0.05, 0.1) is 11.2 Å². The molecule has 2 aliphatic rings. The first-order valence-electron chi connectivity index (χ1n) is 14.2. The largest absolute Gasteiger partial charge is 0.345 e. The van der Waals surface area contributed by atoms with Gasteiger partial charge in [0.2, 0.25) is 0 Å². The minimum atomic E-state index is 0.144. The number of rotatable bonds is 1. The molecule has 41 heavy (non-hydrogen) atoms. The van der Waals surface area contributed by atoms with Crippen LogP contribution in [-0.4, -0.2) is 25.8 Å². The predicted octanol–water partition coefficient (Wildman–Crippen LogP) is 6.89. The lowest BCUT2D eigenvalue weighted by Crippen LogP contribution is -2.61. The highest BCUT2D eigenvalue weighted by atomic mass is 15.1. The Hall–Kier alpha value is -5.09. The number of anilines is 4. The Bertz CT molecular complexity index is 2110. The molecule has 0 saturated carbocycles. The Balaban J connectivity index is 1.36. The lowest BCUT2D eigenvalue weighted by molar-refractivity contribution is 1.18. The Labute approximate surface area is 239 Å². The molecule has 1 aromatic heterocycles. The zero-order valence-corrected chi connectivity index (χ0v) is 23.0. The maximum Gasteiger partial charge on any atom is 0.252 e. The van der Waals surface area contributed by atoms with E-state index in [0.717, 1.165) is 22.2 Å². The molecule has 0 fully saturated rings. The van der Waals surface area contributed by atoms with Crippen molar-refractivity contribution >= 4 is 78.3 Å². The molecule has 0 aliphatic carbocycles. The third kappa shape index (κ3) is 3.19. The van der Waals surface area contributed by atoms with Crippen molar-refractivity contribution in [2.24, 2.45) is 0 Å². The number of aromatic nitrogens is 1. The quantitative estimate of drug-likeness (QED) is 0.219. The summed E-state index contributed by atoms with van der Waals surface area (Å²) in [5, 5.41) is 6.25. The molecule has 6 aromatic carbocycles. The summed E-state index contributed by atoms with van der Waals surface area (Å²) in [5.74, 6) is 0. The van der Waals surface area contributed by atoms with E-state index in [-0.39, 0.29) is 6.71 Å². The van der Waals surface area contributed by atoms with Gasteiger partial charge in [-0.25, -0.2) is 4.98 Å². The molecule has 9 rings (SSSR count). The van der Waals surface area contributed by atoms with Crippen molar-refractivity contribution in [2.75, 3.05) is 23.9 Å². The van der Waals surface area contributed by atoms with Gasteiger partial charge < -0.3 is 9.80 Å². The fourth-order valence-electron chi connectivity index (χ4n) is 7.12. The fourth-order valence-corrected chi connectivity index (χ4v) is 7.12. The third-order valence-corrected chi connectivity index (χ3v) is 9.18. The molecule has 0 amide bonds. The number of nitrogens with zero attached hydrogens (tertiary/aromatic N) is 3. The molecule has 0 atom stereocenters. The lowest BCUT2D eigenvalue weighted by Gasteiger charge is -2.42. The Morgan fingerprint density at radius 1 is 0.488 bits per heavy atom. The number of fused-ring (bicyclic) bond motifs is 7. The lowest BCUT2D eigenvalue weighted by atomic mass is 9.33. The van der Waals surface area contributed by atoms with Gasteiger partial charge >= 0.3 is 0 Å². The van der Waals surface area contributed by atoms with Crippen LogP contribution in [0.1, 0.15) is 0 Å². The highest BCUT2D eigenvalue weighted by molar-refractivity contribution is 7.00. The number of pyridine rings is 1. The van der Waals surface area contributed by atoms with Crippen molar-refractivity contribution in [3.05, 3.63) is 121 Å². The number of hydrogen-bond acceptors (Lipinski definition) is 3. The van der Waals surface area contributed by atoms with E-state index >= 15 is 0 Å². The summed E-state index contributed by atoms with van der Waals surface area (Å²) in [6, 6.07) is 44.4. The van der Waals surface area contributed by atoms with Crippen molar-refractivity contribution in [3.8, 4) is 11.3 Å². The zero-order chi connectivity index (χ0) is 27.2. The summed E-state index contributed by atoms with van der Waals surface area (Å²) < 4.78 is 0. The van der Waals surface area contributed by atoms with Crippen LogP contribution in [0.3, 0.4) is 0 Å². The van der Waals surface area contributed by atoms with Gasteiger partial charge in [0.25, 0.3) is 6.71 Å². The Morgan fingerprint density at radius 3 is 1.54 bits per heavy atom. The standard InChI is InChI=1S/C37H26BN3/c1-40-33-19-26-12-5-3-10-24(26)17-29(33)38-30-18-25-11-4-6-13-27(25)20-34(30)41(2)36-22-28(21-35(40)37(36)38)32-16-15-23-9-7-8-14-31(23)39-32/h3-22H,1-2H3. The van der Waals surface area contributed by atoms with Crippen LogP contribution in [0.4, 0.5) is 22.7 Å². The average molecular weight is 523 g/mol. The van der Waals surface area contributed by atoms with Crippen LogP contribution in [0.2, 0.25) is 0 Å². The second-order valence-electron chi connectivity index (χ2n) is 11.4. The van der Waals surface area contributed by atoms with Crippen LogP contribution >= 0.6 is 0 Å². The monoisotopic (exact) mass is 523 g/mol. The van der Waals surface area contributed by atoms with Crippen LogP contribution in [0, 0.1) is 0 Å². The zero-order valence-electron chi connectivity index (χ0n) is 23.0. The molecule has 3 heterocycles. The molecule has 0 radical (unpaired) electrons. The van der Waals surface area contributed by atoms with Gasteiger partial charge in [-0.3, -0.25) is 0 Å². The molecule has 0 bridgehead atoms. The summed E-state index contributed by atoms with van der Waals surface area (Å²) in [5.41, 5.74) is 12.2. The molecule has 2 aliphatic heterocycles. The van der Waals surface area contributed by atoms with E-state index < -0.39 is 0 Å². The van der Waals surface area contributed by atoms with Crippen LogP contribution in [0.5, 0.6) is 0 Å². The van der Waals surface area contributed by atoms with Crippen molar-refractivity contribution in [2.45, 2.75) is 0 Å². The van der Waals surface area contributed by atoms with Crippen molar-refractivity contribution < 1.29 is 0 Å². The van der Waals surface area contributed by atoms with Gasteiger partial charge in [-0.05, 0) is 74.3 Å². The van der Waals surface area contributed by atoms with Crippen molar-refractivity contribution in [1.82, 2.24) is 4.98 Å². The van der Waals surface area contributed by atoms with Gasteiger partial charge in [-0.15, -0.1) is 0 Å². The van der Waals surface area contributed by atoms with Gasteiger partial charge in [0, 0.05) is 47.8 Å². The first-order valence-corrected chi connectivity index (χ1v) is 14.2. The molecule has 7 aromatic rings. The first kappa shape index (κ1) is 22.7. The average Bonchev–Trinajstić information content (AvgIpc) is 3.02. The summed E-state index contributed by atoms with van der Waals surface area (Å²) in [6.45, 7) is 0.144. The second-order valence-corrected chi connectivity index (χ2v) is 11.4. The van der Waals surface area contributed by atoms with Crippen molar-refractivity contribution in [3.63, 3.8) is 0 Å². The first-order chi connectivity index (χ1) is 20.1. The van der Waals surface area contributed by atoms with E-state index in [1.165, 1.54) is 60.7 Å². The fraction of sp³-hybridized carbons (Fsp3) is 0.0541. The highest BCUT2D eigenvalue weighted by Gasteiger charge is 2.41. The molecule has 4 heteroatoms. The molecule has 3 nitrogen and oxygen atoms in total. The minimum Gasteiger partial charge on any atom is -0.345 e. The second kappa shape index (κ2) is 8.22. The molecule has 0 saturated heterocycles. The van der Waals surface area contributed by atoms with Crippen LogP contribution in [0.15, 0.2) is 121 Å². The Kier molecular flexibility index (Phi) is 4.55. The topological polar surface area (TPSA) is 19.4 Å². The van der Waals surface area contributed by atoms with E-state index in [0.29, 0.717) is 0 Å². The summed E-state index contributed by atoms with van der Waals surface area (Å²) in [6.07, 6.45) is 0. The Morgan fingerprint density at radius 2 is 0.976 bits per heavy atom. The number of para-hydroxylation sites is 1. The van der Waals surface area contributed by atoms with E-state index in [2.05, 4.69) is 145 Å². The van der Waals surface area contributed by atoms with Crippen LogP contribution in [-0.2, 0) is 0 Å². The van der Waals surface area contributed by atoms with E-state index in [1.807, 2.05) is 0 Å². The number of hydrogen-bond donors (Lipinski definition) is 0. The van der Waals surface area contributed by atoms with E-state index in [1.54, 1.807) is 0 Å². The summed E-state index contributed by atoms with van der Waals surface area (Å²) in [4.78, 5) is 9.87.